The number of aromatic nitrogens is 2. The van der Waals surface area contributed by atoms with Gasteiger partial charge in [-0.15, -0.1) is 0 Å². The maximum Gasteiger partial charge on any atom is 0.259 e. The van der Waals surface area contributed by atoms with Crippen molar-refractivity contribution in [3.8, 4) is 0 Å². The van der Waals surface area contributed by atoms with E-state index in [9.17, 15) is 4.79 Å². The Bertz CT molecular complexity index is 969. The third-order valence-corrected chi connectivity index (χ3v) is 4.35. The number of aryl methyl sites for hydroxylation is 1. The first-order valence-electron chi connectivity index (χ1n) is 7.93. The zero-order valence-corrected chi connectivity index (χ0v) is 14.7. The summed E-state index contributed by atoms with van der Waals surface area (Å²) in [6.07, 6.45) is 1.81. The number of para-hydroxylation sites is 1. The minimum atomic E-state index is -0.180. The van der Waals surface area contributed by atoms with Crippen molar-refractivity contribution in [1.82, 2.24) is 9.97 Å². The Morgan fingerprint density at radius 3 is 2.54 bits per heavy atom. The maximum absolute atomic E-state index is 12.2. The van der Waals surface area contributed by atoms with Crippen LogP contribution in [0.5, 0.6) is 0 Å². The molecule has 3 aromatic rings. The summed E-state index contributed by atoms with van der Waals surface area (Å²) in [4.78, 5) is 19.5. The molecule has 3 nitrogen and oxygen atoms in total. The molecule has 1 N–H and O–H groups in total. The van der Waals surface area contributed by atoms with Crippen LogP contribution in [0.15, 0.2) is 47.3 Å². The molecule has 122 valence electrons. The average molecular weight is 339 g/mol. The SMILES string of the molecule is Cc1cccc2c(=O)[nH]c(/C(Cl)=C/c3ccc(C(C)C)cc3)nc12. The molecule has 1 aromatic heterocycles. The summed E-state index contributed by atoms with van der Waals surface area (Å²) < 4.78 is 0. The normalized spacial score (nSPS) is 12.1. The fourth-order valence-corrected chi connectivity index (χ4v) is 2.83. The number of nitrogens with one attached hydrogen (secondary N) is 1. The van der Waals surface area contributed by atoms with E-state index in [0.29, 0.717) is 27.7 Å². The molecular formula is C20H19ClN2O. The van der Waals surface area contributed by atoms with Gasteiger partial charge in [0.25, 0.3) is 5.56 Å². The van der Waals surface area contributed by atoms with Crippen molar-refractivity contribution in [2.24, 2.45) is 0 Å². The third kappa shape index (κ3) is 3.26. The predicted molar refractivity (Wildman–Crippen MR) is 101 cm³/mol. The molecule has 3 rings (SSSR count). The molecule has 0 aliphatic carbocycles. The lowest BCUT2D eigenvalue weighted by Gasteiger charge is -2.06. The monoisotopic (exact) mass is 338 g/mol. The average Bonchev–Trinajstić information content (AvgIpc) is 2.56. The van der Waals surface area contributed by atoms with Crippen LogP contribution < -0.4 is 5.56 Å². The van der Waals surface area contributed by atoms with Crippen LogP contribution in [0.1, 0.15) is 42.3 Å². The van der Waals surface area contributed by atoms with Crippen molar-refractivity contribution < 1.29 is 0 Å². The van der Waals surface area contributed by atoms with Gasteiger partial charge < -0.3 is 4.98 Å². The Morgan fingerprint density at radius 2 is 1.88 bits per heavy atom. The van der Waals surface area contributed by atoms with Gasteiger partial charge in [0, 0.05) is 0 Å². The molecule has 0 fully saturated rings. The Labute approximate surface area is 146 Å². The van der Waals surface area contributed by atoms with Crippen LogP contribution in [-0.2, 0) is 0 Å². The summed E-state index contributed by atoms with van der Waals surface area (Å²) in [5, 5.41) is 0.985. The van der Waals surface area contributed by atoms with Gasteiger partial charge in [-0.2, -0.15) is 0 Å². The van der Waals surface area contributed by atoms with Gasteiger partial charge in [-0.25, -0.2) is 4.98 Å². The van der Waals surface area contributed by atoms with Gasteiger partial charge in [0.2, 0.25) is 0 Å². The largest absolute Gasteiger partial charge is 0.305 e. The van der Waals surface area contributed by atoms with Crippen LogP contribution >= 0.6 is 11.6 Å². The number of H-pyrrole nitrogens is 1. The number of hydrogen-bond donors (Lipinski definition) is 1. The van der Waals surface area contributed by atoms with E-state index in [1.54, 1.807) is 6.07 Å². The molecule has 0 unspecified atom stereocenters. The molecule has 4 heteroatoms. The van der Waals surface area contributed by atoms with Crippen molar-refractivity contribution in [3.63, 3.8) is 0 Å². The van der Waals surface area contributed by atoms with Crippen LogP contribution in [0, 0.1) is 6.92 Å². The van der Waals surface area contributed by atoms with Gasteiger partial charge >= 0.3 is 0 Å². The lowest BCUT2D eigenvalue weighted by molar-refractivity contribution is 0.866. The molecule has 0 saturated carbocycles. The summed E-state index contributed by atoms with van der Waals surface area (Å²) in [6, 6.07) is 13.7. The number of hydrogen-bond acceptors (Lipinski definition) is 2. The second-order valence-corrected chi connectivity index (χ2v) is 6.61. The first-order chi connectivity index (χ1) is 11.5. The highest BCUT2D eigenvalue weighted by Crippen LogP contribution is 2.22. The van der Waals surface area contributed by atoms with Gasteiger partial charge in [-0.3, -0.25) is 4.79 Å². The van der Waals surface area contributed by atoms with E-state index in [1.807, 2.05) is 37.3 Å². The zero-order valence-electron chi connectivity index (χ0n) is 13.9. The van der Waals surface area contributed by atoms with Gasteiger partial charge in [-0.05, 0) is 41.7 Å². The standard InChI is InChI=1S/C20H19ClN2O/c1-12(2)15-9-7-14(8-10-15)11-17(21)19-22-18-13(3)5-4-6-16(18)20(24)23-19/h4-12H,1-3H3,(H,22,23,24)/b17-11-. The van der Waals surface area contributed by atoms with Gasteiger partial charge in [-0.1, -0.05) is 61.8 Å². The lowest BCUT2D eigenvalue weighted by Crippen LogP contribution is -2.11. The molecule has 0 spiro atoms. The minimum absolute atomic E-state index is 0.180. The van der Waals surface area contributed by atoms with E-state index < -0.39 is 0 Å². The Kier molecular flexibility index (Phi) is 4.54. The zero-order chi connectivity index (χ0) is 17.3. The molecule has 0 radical (unpaired) electrons. The number of nitrogens with zero attached hydrogens (tertiary/aromatic N) is 1. The van der Waals surface area contributed by atoms with Crippen molar-refractivity contribution in [2.45, 2.75) is 26.7 Å². The van der Waals surface area contributed by atoms with Crippen molar-refractivity contribution in [3.05, 3.63) is 75.3 Å². The van der Waals surface area contributed by atoms with Crippen molar-refractivity contribution in [2.75, 3.05) is 0 Å². The minimum Gasteiger partial charge on any atom is -0.305 e. The molecule has 0 bridgehead atoms. The summed E-state index contributed by atoms with van der Waals surface area (Å²) >= 11 is 6.40. The summed E-state index contributed by atoms with van der Waals surface area (Å²) in [5.41, 5.74) is 3.69. The number of fused-ring (bicyclic) bond motifs is 1. The Hall–Kier alpha value is -2.39. The molecule has 0 amide bonds. The summed E-state index contributed by atoms with van der Waals surface area (Å²) in [5.74, 6) is 0.872. The van der Waals surface area contributed by atoms with Crippen LogP contribution in [0.25, 0.3) is 22.0 Å². The second kappa shape index (κ2) is 6.62. The Morgan fingerprint density at radius 1 is 1.17 bits per heavy atom. The quantitative estimate of drug-likeness (QED) is 0.722. The van der Waals surface area contributed by atoms with E-state index in [-0.39, 0.29) is 5.56 Å². The number of halogens is 1. The summed E-state index contributed by atoms with van der Waals surface area (Å²) in [7, 11) is 0. The van der Waals surface area contributed by atoms with E-state index >= 15 is 0 Å². The van der Waals surface area contributed by atoms with E-state index in [0.717, 1.165) is 11.1 Å². The maximum atomic E-state index is 12.2. The fraction of sp³-hybridized carbons (Fsp3) is 0.200. The van der Waals surface area contributed by atoms with Crippen molar-refractivity contribution in [1.29, 1.82) is 0 Å². The summed E-state index contributed by atoms with van der Waals surface area (Å²) in [6.45, 7) is 6.24. The first kappa shape index (κ1) is 16.5. The molecular weight excluding hydrogens is 320 g/mol. The second-order valence-electron chi connectivity index (χ2n) is 6.20. The highest BCUT2D eigenvalue weighted by atomic mass is 35.5. The molecule has 0 aliphatic heterocycles. The smallest absolute Gasteiger partial charge is 0.259 e. The molecule has 0 atom stereocenters. The number of rotatable bonds is 3. The van der Waals surface area contributed by atoms with Crippen LogP contribution in [0.2, 0.25) is 0 Å². The fourth-order valence-electron chi connectivity index (χ4n) is 2.61. The van der Waals surface area contributed by atoms with E-state index in [4.69, 9.17) is 11.6 Å². The highest BCUT2D eigenvalue weighted by Gasteiger charge is 2.08. The Balaban J connectivity index is 2.03. The molecule has 1 heterocycles. The number of aromatic amines is 1. The topological polar surface area (TPSA) is 45.8 Å². The van der Waals surface area contributed by atoms with Crippen LogP contribution in [0.3, 0.4) is 0 Å². The van der Waals surface area contributed by atoms with Gasteiger partial charge in [0.15, 0.2) is 5.82 Å². The highest BCUT2D eigenvalue weighted by molar-refractivity contribution is 6.50. The third-order valence-electron chi connectivity index (χ3n) is 4.06. The van der Waals surface area contributed by atoms with Crippen LogP contribution in [0.4, 0.5) is 0 Å². The van der Waals surface area contributed by atoms with Gasteiger partial charge in [0.1, 0.15) is 0 Å². The lowest BCUT2D eigenvalue weighted by atomic mass is 10.0. The number of benzene rings is 2. The first-order valence-corrected chi connectivity index (χ1v) is 8.30. The van der Waals surface area contributed by atoms with Gasteiger partial charge in [0.05, 0.1) is 15.9 Å². The molecule has 0 saturated heterocycles. The molecule has 2 aromatic carbocycles. The van der Waals surface area contributed by atoms with E-state index in [2.05, 4.69) is 35.9 Å². The van der Waals surface area contributed by atoms with E-state index in [1.165, 1.54) is 5.56 Å². The molecule has 0 aliphatic rings. The van der Waals surface area contributed by atoms with Crippen LogP contribution in [-0.4, -0.2) is 9.97 Å². The molecule has 24 heavy (non-hydrogen) atoms. The predicted octanol–water partition coefficient (Wildman–Crippen LogP) is 5.09. The van der Waals surface area contributed by atoms with Crippen molar-refractivity contribution >= 4 is 33.6 Å².